The van der Waals surface area contributed by atoms with Crippen LogP contribution in [0.2, 0.25) is 0 Å². The summed E-state index contributed by atoms with van der Waals surface area (Å²) >= 11 is 1.45. The van der Waals surface area contributed by atoms with Crippen molar-refractivity contribution in [1.29, 1.82) is 0 Å². The minimum atomic E-state index is -0.562. The van der Waals surface area contributed by atoms with Gasteiger partial charge in [-0.1, -0.05) is 18.3 Å². The van der Waals surface area contributed by atoms with E-state index in [9.17, 15) is 9.90 Å². The van der Waals surface area contributed by atoms with E-state index in [4.69, 9.17) is 0 Å². The topological polar surface area (TPSA) is 92.4 Å². The molecule has 1 atom stereocenters. The normalized spacial score (nSPS) is 15.1. The minimum Gasteiger partial charge on any atom is -0.387 e. The monoisotopic (exact) mass is 407 g/mol. The van der Waals surface area contributed by atoms with E-state index in [2.05, 4.69) is 20.3 Å². The first kappa shape index (κ1) is 18.2. The number of hydrogen-bond acceptors (Lipinski definition) is 6. The van der Waals surface area contributed by atoms with Crippen LogP contribution in [0.15, 0.2) is 30.7 Å². The van der Waals surface area contributed by atoms with Gasteiger partial charge in [-0.05, 0) is 43.9 Å². The first-order valence-electron chi connectivity index (χ1n) is 9.77. The molecule has 29 heavy (non-hydrogen) atoms. The molecule has 8 heteroatoms. The number of amides is 1. The molecule has 1 aliphatic carbocycles. The molecular weight excluding hydrogens is 386 g/mol. The molecule has 0 unspecified atom stereocenters. The predicted molar refractivity (Wildman–Crippen MR) is 113 cm³/mol. The van der Waals surface area contributed by atoms with Gasteiger partial charge in [-0.25, -0.2) is 9.97 Å². The van der Waals surface area contributed by atoms with Crippen molar-refractivity contribution < 1.29 is 9.90 Å². The van der Waals surface area contributed by atoms with Gasteiger partial charge in [0.25, 0.3) is 0 Å². The lowest BCUT2D eigenvalue weighted by molar-refractivity contribution is -0.117. The standard InChI is InChI=1S/C21H21N5O2S/c1-3-17(27)15-8-11(2)14(10-23-15)13-9-16-20(26-7-6-22-18(13)26)29-21(24-16)25-19(28)12-4-5-12/h6-10,12,17,27H,3-5H2,1-2H3,(H,24,25,28)/t17-/m0/s1. The van der Waals surface area contributed by atoms with Crippen molar-refractivity contribution in [2.24, 2.45) is 5.92 Å². The van der Waals surface area contributed by atoms with E-state index < -0.39 is 6.10 Å². The molecule has 7 nitrogen and oxygen atoms in total. The van der Waals surface area contributed by atoms with Crippen LogP contribution in [0.1, 0.15) is 43.5 Å². The van der Waals surface area contributed by atoms with Crippen molar-refractivity contribution in [1.82, 2.24) is 19.4 Å². The van der Waals surface area contributed by atoms with Crippen LogP contribution in [-0.2, 0) is 4.79 Å². The summed E-state index contributed by atoms with van der Waals surface area (Å²) < 4.78 is 2.00. The molecule has 0 spiro atoms. The van der Waals surface area contributed by atoms with Gasteiger partial charge >= 0.3 is 0 Å². The number of carbonyl (C=O) groups excluding carboxylic acids is 1. The van der Waals surface area contributed by atoms with Crippen LogP contribution >= 0.6 is 11.3 Å². The largest absolute Gasteiger partial charge is 0.387 e. The lowest BCUT2D eigenvalue weighted by atomic mass is 10.0. The Morgan fingerprint density at radius 3 is 2.90 bits per heavy atom. The molecule has 4 aromatic heterocycles. The Morgan fingerprint density at radius 1 is 1.34 bits per heavy atom. The van der Waals surface area contributed by atoms with Crippen LogP contribution in [0.5, 0.6) is 0 Å². The molecule has 1 saturated carbocycles. The van der Waals surface area contributed by atoms with Crippen LogP contribution in [0, 0.1) is 12.8 Å². The molecule has 0 radical (unpaired) electrons. The number of nitrogens with one attached hydrogen (secondary N) is 1. The lowest BCUT2D eigenvalue weighted by Crippen LogP contribution is -2.12. The number of anilines is 1. The minimum absolute atomic E-state index is 0.0521. The average Bonchev–Trinajstić information content (AvgIpc) is 3.31. The second kappa shape index (κ2) is 6.89. The fourth-order valence-electron chi connectivity index (χ4n) is 3.51. The van der Waals surface area contributed by atoms with Crippen LogP contribution in [0.4, 0.5) is 5.13 Å². The van der Waals surface area contributed by atoms with Crippen molar-refractivity contribution in [3.63, 3.8) is 0 Å². The van der Waals surface area contributed by atoms with E-state index in [1.54, 1.807) is 12.4 Å². The maximum Gasteiger partial charge on any atom is 0.229 e. The molecule has 1 fully saturated rings. The summed E-state index contributed by atoms with van der Waals surface area (Å²) in [6.45, 7) is 3.94. The van der Waals surface area contributed by atoms with Gasteiger partial charge in [0.15, 0.2) is 5.13 Å². The van der Waals surface area contributed by atoms with Gasteiger partial charge < -0.3 is 10.4 Å². The molecule has 0 saturated heterocycles. The van der Waals surface area contributed by atoms with E-state index in [1.165, 1.54) is 11.3 Å². The smallest absolute Gasteiger partial charge is 0.229 e. The van der Waals surface area contributed by atoms with Crippen LogP contribution in [-0.4, -0.2) is 30.4 Å². The highest BCUT2D eigenvalue weighted by Crippen LogP contribution is 2.36. The highest BCUT2D eigenvalue weighted by atomic mass is 32.1. The van der Waals surface area contributed by atoms with E-state index in [1.807, 2.05) is 36.6 Å². The molecule has 0 aliphatic heterocycles. The van der Waals surface area contributed by atoms with Gasteiger partial charge in [-0.2, -0.15) is 0 Å². The number of fused-ring (bicyclic) bond motifs is 3. The predicted octanol–water partition coefficient (Wildman–Crippen LogP) is 4.11. The summed E-state index contributed by atoms with van der Waals surface area (Å²) in [5.41, 5.74) is 5.19. The number of thiazole rings is 1. The molecule has 4 heterocycles. The number of rotatable bonds is 5. The number of aliphatic hydroxyl groups is 1. The molecule has 0 aromatic carbocycles. The molecule has 148 valence electrons. The third kappa shape index (κ3) is 3.18. The number of hydrogen-bond donors (Lipinski definition) is 2. The summed E-state index contributed by atoms with van der Waals surface area (Å²) in [5.74, 6) is 0.188. The van der Waals surface area contributed by atoms with Crippen molar-refractivity contribution in [2.45, 2.75) is 39.2 Å². The van der Waals surface area contributed by atoms with Crippen LogP contribution in [0.25, 0.3) is 27.1 Å². The summed E-state index contributed by atoms with van der Waals surface area (Å²) in [4.78, 5) is 26.7. The van der Waals surface area contributed by atoms with Gasteiger partial charge in [0, 0.05) is 35.6 Å². The SMILES string of the molecule is CC[C@H](O)c1cc(C)c(-c2cc3nc(NC(=O)C4CC4)sc3n3ccnc23)cn1. The number of aryl methyl sites for hydroxylation is 1. The van der Waals surface area contributed by atoms with Crippen LogP contribution in [0.3, 0.4) is 0 Å². The summed E-state index contributed by atoms with van der Waals surface area (Å²) in [6, 6.07) is 3.93. The third-order valence-corrected chi connectivity index (χ3v) is 6.33. The Morgan fingerprint density at radius 2 is 2.17 bits per heavy atom. The second-order valence-corrected chi connectivity index (χ2v) is 8.48. The number of aliphatic hydroxyl groups excluding tert-OH is 1. The quantitative estimate of drug-likeness (QED) is 0.519. The molecule has 4 aromatic rings. The van der Waals surface area contributed by atoms with Crippen molar-refractivity contribution >= 4 is 38.4 Å². The fraction of sp³-hybridized carbons (Fsp3) is 0.333. The molecular formula is C21H21N5O2S. The highest BCUT2D eigenvalue weighted by molar-refractivity contribution is 7.22. The van der Waals surface area contributed by atoms with E-state index in [0.29, 0.717) is 17.2 Å². The Kier molecular flexibility index (Phi) is 4.33. The highest BCUT2D eigenvalue weighted by Gasteiger charge is 2.30. The number of carbonyl (C=O) groups is 1. The Labute approximate surface area is 171 Å². The average molecular weight is 407 g/mol. The summed E-state index contributed by atoms with van der Waals surface area (Å²) in [7, 11) is 0. The first-order valence-corrected chi connectivity index (χ1v) is 10.6. The number of imidazole rings is 1. The summed E-state index contributed by atoms with van der Waals surface area (Å²) in [5, 5.41) is 13.6. The number of pyridine rings is 2. The Balaban J connectivity index is 1.62. The molecule has 5 rings (SSSR count). The maximum atomic E-state index is 12.1. The Bertz CT molecular complexity index is 1240. The summed E-state index contributed by atoms with van der Waals surface area (Å²) in [6.07, 6.45) is 7.44. The zero-order valence-electron chi connectivity index (χ0n) is 16.2. The third-order valence-electron chi connectivity index (χ3n) is 5.34. The number of nitrogens with zero attached hydrogens (tertiary/aromatic N) is 4. The molecule has 0 bridgehead atoms. The van der Waals surface area contributed by atoms with Crippen LogP contribution < -0.4 is 5.32 Å². The molecule has 1 aliphatic rings. The Hall–Kier alpha value is -2.84. The second-order valence-electron chi connectivity index (χ2n) is 7.50. The fourth-order valence-corrected chi connectivity index (χ4v) is 4.45. The van der Waals surface area contributed by atoms with Gasteiger partial charge in [-0.3, -0.25) is 14.2 Å². The van der Waals surface area contributed by atoms with Gasteiger partial charge in [0.05, 0.1) is 11.8 Å². The molecule has 2 N–H and O–H groups in total. The van der Waals surface area contributed by atoms with E-state index >= 15 is 0 Å². The maximum absolute atomic E-state index is 12.1. The van der Waals surface area contributed by atoms with Crippen molar-refractivity contribution in [2.75, 3.05) is 5.32 Å². The zero-order chi connectivity index (χ0) is 20.1. The number of aromatic nitrogens is 4. The van der Waals surface area contributed by atoms with Crippen molar-refractivity contribution in [3.05, 3.63) is 42.0 Å². The van der Waals surface area contributed by atoms with E-state index in [0.717, 1.165) is 45.5 Å². The van der Waals surface area contributed by atoms with E-state index in [-0.39, 0.29) is 11.8 Å². The molecule has 1 amide bonds. The van der Waals surface area contributed by atoms with Gasteiger partial charge in [-0.15, -0.1) is 0 Å². The first-order chi connectivity index (χ1) is 14.0. The zero-order valence-corrected chi connectivity index (χ0v) is 17.0. The van der Waals surface area contributed by atoms with Gasteiger partial charge in [0.1, 0.15) is 16.0 Å². The van der Waals surface area contributed by atoms with Gasteiger partial charge in [0.2, 0.25) is 5.91 Å². The lowest BCUT2D eigenvalue weighted by Gasteiger charge is -2.12. The van der Waals surface area contributed by atoms with Crippen molar-refractivity contribution in [3.8, 4) is 11.1 Å².